The Morgan fingerprint density at radius 1 is 1.50 bits per heavy atom. The number of aromatic nitrogens is 3. The molecule has 0 unspecified atom stereocenters. The van der Waals surface area contributed by atoms with Crippen LogP contribution in [0.1, 0.15) is 10.4 Å². The summed E-state index contributed by atoms with van der Waals surface area (Å²) in [6, 6.07) is 5.08. The molecule has 1 aromatic carbocycles. The summed E-state index contributed by atoms with van der Waals surface area (Å²) in [5.74, 6) is -0.975. The zero-order chi connectivity index (χ0) is 11.7. The maximum Gasteiger partial charge on any atom is 0.336 e. The van der Waals surface area contributed by atoms with Gasteiger partial charge in [0.15, 0.2) is 0 Å². The van der Waals surface area contributed by atoms with Gasteiger partial charge in [0.25, 0.3) is 0 Å². The lowest BCUT2D eigenvalue weighted by molar-refractivity contribution is 0.0697. The Labute approximate surface area is 99.8 Å². The van der Waals surface area contributed by atoms with Crippen molar-refractivity contribution in [1.29, 1.82) is 0 Å². The molecule has 0 radical (unpaired) electrons. The molecule has 0 atom stereocenters. The van der Waals surface area contributed by atoms with Crippen molar-refractivity contribution in [2.24, 2.45) is 7.05 Å². The highest BCUT2D eigenvalue weighted by Gasteiger charge is 2.14. The van der Waals surface area contributed by atoms with Gasteiger partial charge in [0.1, 0.15) is 0 Å². The molecule has 2 aromatic rings. The summed E-state index contributed by atoms with van der Waals surface area (Å²) in [7, 11) is 1.72. The maximum atomic E-state index is 11.1. The second-order valence-electron chi connectivity index (χ2n) is 3.24. The SMILES string of the molecule is Cn1nncc1-c1ccc(Br)cc1C(=O)O. The molecule has 0 saturated carbocycles. The van der Waals surface area contributed by atoms with Gasteiger partial charge in [0.05, 0.1) is 17.5 Å². The molecule has 82 valence electrons. The lowest BCUT2D eigenvalue weighted by Crippen LogP contribution is -2.02. The number of carboxylic acid groups (broad SMARTS) is 1. The first kappa shape index (κ1) is 10.8. The topological polar surface area (TPSA) is 68.0 Å². The average Bonchev–Trinajstić information content (AvgIpc) is 2.64. The first-order valence-corrected chi connectivity index (χ1v) is 5.27. The highest BCUT2D eigenvalue weighted by Crippen LogP contribution is 2.25. The van der Waals surface area contributed by atoms with E-state index in [0.717, 1.165) is 4.47 Å². The number of carbonyl (C=O) groups is 1. The van der Waals surface area contributed by atoms with E-state index in [0.29, 0.717) is 11.3 Å². The predicted molar refractivity (Wildman–Crippen MR) is 61.1 cm³/mol. The molecular weight excluding hydrogens is 274 g/mol. The van der Waals surface area contributed by atoms with E-state index in [2.05, 4.69) is 26.2 Å². The molecule has 0 amide bonds. The van der Waals surface area contributed by atoms with Crippen LogP contribution in [0.15, 0.2) is 28.9 Å². The van der Waals surface area contributed by atoms with E-state index in [1.165, 1.54) is 10.9 Å². The molecule has 0 aliphatic carbocycles. The van der Waals surface area contributed by atoms with Crippen molar-refractivity contribution in [1.82, 2.24) is 15.0 Å². The minimum atomic E-state index is -0.975. The van der Waals surface area contributed by atoms with Gasteiger partial charge in [0.2, 0.25) is 0 Å². The van der Waals surface area contributed by atoms with Crippen molar-refractivity contribution in [3.8, 4) is 11.3 Å². The van der Waals surface area contributed by atoms with E-state index in [1.807, 2.05) is 0 Å². The van der Waals surface area contributed by atoms with Gasteiger partial charge in [-0.1, -0.05) is 27.2 Å². The van der Waals surface area contributed by atoms with Gasteiger partial charge < -0.3 is 5.11 Å². The second-order valence-corrected chi connectivity index (χ2v) is 4.15. The molecule has 0 fully saturated rings. The van der Waals surface area contributed by atoms with Crippen molar-refractivity contribution in [2.45, 2.75) is 0 Å². The molecule has 16 heavy (non-hydrogen) atoms. The fourth-order valence-electron chi connectivity index (χ4n) is 1.45. The van der Waals surface area contributed by atoms with Crippen LogP contribution in [0, 0.1) is 0 Å². The van der Waals surface area contributed by atoms with Crippen molar-refractivity contribution in [2.75, 3.05) is 0 Å². The molecule has 1 N–H and O–H groups in total. The van der Waals surface area contributed by atoms with Gasteiger partial charge in [0, 0.05) is 17.1 Å². The first-order valence-electron chi connectivity index (χ1n) is 4.47. The number of rotatable bonds is 2. The summed E-state index contributed by atoms with van der Waals surface area (Å²) in [6.07, 6.45) is 1.54. The molecule has 1 heterocycles. The Morgan fingerprint density at radius 3 is 2.81 bits per heavy atom. The Hall–Kier alpha value is -1.69. The molecule has 0 bridgehead atoms. The number of halogens is 1. The van der Waals surface area contributed by atoms with Crippen molar-refractivity contribution >= 4 is 21.9 Å². The molecule has 0 aliphatic rings. The fraction of sp³-hybridized carbons (Fsp3) is 0.100. The summed E-state index contributed by atoms with van der Waals surface area (Å²) in [5.41, 5.74) is 1.49. The van der Waals surface area contributed by atoms with Crippen molar-refractivity contribution < 1.29 is 9.90 Å². The maximum absolute atomic E-state index is 11.1. The molecule has 1 aromatic heterocycles. The van der Waals surface area contributed by atoms with Crippen LogP contribution in [0.25, 0.3) is 11.3 Å². The molecule has 0 saturated heterocycles. The Balaban J connectivity index is 2.65. The Morgan fingerprint density at radius 2 is 2.25 bits per heavy atom. The van der Waals surface area contributed by atoms with E-state index in [1.54, 1.807) is 25.2 Å². The van der Waals surface area contributed by atoms with Crippen LogP contribution in [0.2, 0.25) is 0 Å². The lowest BCUT2D eigenvalue weighted by atomic mass is 10.1. The molecule has 5 nitrogen and oxygen atoms in total. The van der Waals surface area contributed by atoms with E-state index in [9.17, 15) is 4.79 Å². The van der Waals surface area contributed by atoms with E-state index >= 15 is 0 Å². The van der Waals surface area contributed by atoms with Gasteiger partial charge >= 0.3 is 5.97 Å². The summed E-state index contributed by atoms with van der Waals surface area (Å²) in [4.78, 5) is 11.1. The van der Waals surface area contributed by atoms with Gasteiger partial charge in [-0.2, -0.15) is 0 Å². The minimum Gasteiger partial charge on any atom is -0.478 e. The van der Waals surface area contributed by atoms with Crippen LogP contribution in [0.3, 0.4) is 0 Å². The summed E-state index contributed by atoms with van der Waals surface area (Å²) >= 11 is 3.25. The number of hydrogen-bond acceptors (Lipinski definition) is 3. The minimum absolute atomic E-state index is 0.222. The van der Waals surface area contributed by atoms with E-state index < -0.39 is 5.97 Å². The predicted octanol–water partition coefficient (Wildman–Crippen LogP) is 1.94. The summed E-state index contributed by atoms with van der Waals surface area (Å²) in [6.45, 7) is 0. The Kier molecular flexibility index (Phi) is 2.74. The number of aryl methyl sites for hydroxylation is 1. The molecule has 0 aliphatic heterocycles. The largest absolute Gasteiger partial charge is 0.478 e. The lowest BCUT2D eigenvalue weighted by Gasteiger charge is -2.05. The average molecular weight is 282 g/mol. The van der Waals surface area contributed by atoms with Gasteiger partial charge in [-0.15, -0.1) is 5.10 Å². The second kappa shape index (κ2) is 4.05. The fourth-order valence-corrected chi connectivity index (χ4v) is 1.81. The van der Waals surface area contributed by atoms with Crippen LogP contribution >= 0.6 is 15.9 Å². The third-order valence-electron chi connectivity index (χ3n) is 2.20. The quantitative estimate of drug-likeness (QED) is 0.914. The van der Waals surface area contributed by atoms with Gasteiger partial charge in [-0.25, -0.2) is 9.48 Å². The summed E-state index contributed by atoms with van der Waals surface area (Å²) < 4.78 is 2.26. The standard InChI is InChI=1S/C10H8BrN3O2/c1-14-9(5-12-13-14)7-3-2-6(11)4-8(7)10(15)16/h2-5H,1H3,(H,15,16). The number of hydrogen-bond donors (Lipinski definition) is 1. The molecule has 0 spiro atoms. The first-order chi connectivity index (χ1) is 7.59. The summed E-state index contributed by atoms with van der Waals surface area (Å²) in [5, 5.41) is 16.6. The normalized spacial score (nSPS) is 10.4. The zero-order valence-corrected chi connectivity index (χ0v) is 9.97. The molecule has 6 heteroatoms. The monoisotopic (exact) mass is 281 g/mol. The van der Waals surface area contributed by atoms with Crippen LogP contribution < -0.4 is 0 Å². The number of benzene rings is 1. The molecular formula is C10H8BrN3O2. The van der Waals surface area contributed by atoms with E-state index in [4.69, 9.17) is 5.11 Å². The number of nitrogens with zero attached hydrogens (tertiary/aromatic N) is 3. The third kappa shape index (κ3) is 1.83. The van der Waals surface area contributed by atoms with Crippen LogP contribution in [0.5, 0.6) is 0 Å². The van der Waals surface area contributed by atoms with Gasteiger partial charge in [-0.3, -0.25) is 0 Å². The highest BCUT2D eigenvalue weighted by atomic mass is 79.9. The van der Waals surface area contributed by atoms with Gasteiger partial charge in [-0.05, 0) is 12.1 Å². The number of carboxylic acids is 1. The van der Waals surface area contributed by atoms with Crippen molar-refractivity contribution in [3.63, 3.8) is 0 Å². The van der Waals surface area contributed by atoms with Crippen molar-refractivity contribution in [3.05, 3.63) is 34.4 Å². The highest BCUT2D eigenvalue weighted by molar-refractivity contribution is 9.10. The molecule has 2 rings (SSSR count). The van der Waals surface area contributed by atoms with Crippen LogP contribution in [0.4, 0.5) is 0 Å². The van der Waals surface area contributed by atoms with Crippen LogP contribution in [-0.4, -0.2) is 26.1 Å². The smallest absolute Gasteiger partial charge is 0.336 e. The number of aromatic carboxylic acids is 1. The zero-order valence-electron chi connectivity index (χ0n) is 8.38. The third-order valence-corrected chi connectivity index (χ3v) is 2.70. The van der Waals surface area contributed by atoms with Crippen LogP contribution in [-0.2, 0) is 7.05 Å². The Bertz CT molecular complexity index is 551. The van der Waals surface area contributed by atoms with E-state index in [-0.39, 0.29) is 5.56 Å².